The second-order valence-electron chi connectivity index (χ2n) is 4.45. The Hall–Kier alpha value is -1.23. The van der Waals surface area contributed by atoms with E-state index in [1.165, 1.54) is 6.33 Å². The summed E-state index contributed by atoms with van der Waals surface area (Å²) < 4.78 is 7.27. The molecule has 0 aliphatic carbocycles. The smallest absolute Gasteiger partial charge is 0.143 e. The topological polar surface area (TPSA) is 57.0 Å². The van der Waals surface area contributed by atoms with Crippen LogP contribution in [0.25, 0.3) is 0 Å². The molecule has 0 N–H and O–H groups in total. The number of aryl methyl sites for hydroxylation is 1. The van der Waals surface area contributed by atoms with Crippen LogP contribution in [0.2, 0.25) is 0 Å². The molecule has 5 nitrogen and oxygen atoms in total. The monoisotopic (exact) mass is 237 g/mol. The van der Waals surface area contributed by atoms with E-state index in [1.807, 2.05) is 4.68 Å². The number of carbonyl (C=O) groups excluding carboxylic acids is 1. The van der Waals surface area contributed by atoms with Crippen LogP contribution >= 0.6 is 0 Å². The Morgan fingerprint density at radius 3 is 3.24 bits per heavy atom. The highest BCUT2D eigenvalue weighted by molar-refractivity contribution is 5.80. The first-order valence-corrected chi connectivity index (χ1v) is 6.29. The molecule has 1 atom stereocenters. The minimum atomic E-state index is 0.130. The van der Waals surface area contributed by atoms with Crippen molar-refractivity contribution in [2.24, 2.45) is 0 Å². The van der Waals surface area contributed by atoms with Crippen molar-refractivity contribution in [2.45, 2.75) is 51.7 Å². The van der Waals surface area contributed by atoms with Gasteiger partial charge in [0.15, 0.2) is 0 Å². The first kappa shape index (κ1) is 12.2. The summed E-state index contributed by atoms with van der Waals surface area (Å²) >= 11 is 0. The van der Waals surface area contributed by atoms with Gasteiger partial charge in [0.25, 0.3) is 0 Å². The standard InChI is InChI=1S/C12H19N3O2/c1-2-5-15-12(13-9-14-15)8-10(16)7-11-4-3-6-17-11/h9,11H,2-8H2,1H3. The Morgan fingerprint density at radius 2 is 2.53 bits per heavy atom. The van der Waals surface area contributed by atoms with E-state index in [0.717, 1.165) is 38.2 Å². The summed E-state index contributed by atoms with van der Waals surface area (Å²) in [5, 5.41) is 4.11. The van der Waals surface area contributed by atoms with Gasteiger partial charge in [-0.2, -0.15) is 5.10 Å². The number of carbonyl (C=O) groups is 1. The van der Waals surface area contributed by atoms with Gasteiger partial charge in [-0.15, -0.1) is 0 Å². The van der Waals surface area contributed by atoms with E-state index in [2.05, 4.69) is 17.0 Å². The van der Waals surface area contributed by atoms with Gasteiger partial charge >= 0.3 is 0 Å². The molecule has 1 aromatic heterocycles. The Morgan fingerprint density at radius 1 is 1.65 bits per heavy atom. The van der Waals surface area contributed by atoms with Gasteiger partial charge in [0.05, 0.1) is 12.5 Å². The largest absolute Gasteiger partial charge is 0.378 e. The maximum Gasteiger partial charge on any atom is 0.143 e. The molecule has 1 fully saturated rings. The highest BCUT2D eigenvalue weighted by Gasteiger charge is 2.20. The molecular formula is C12H19N3O2. The molecule has 0 spiro atoms. The first-order valence-electron chi connectivity index (χ1n) is 6.29. The fraction of sp³-hybridized carbons (Fsp3) is 0.750. The number of ketones is 1. The quantitative estimate of drug-likeness (QED) is 0.749. The number of Topliss-reactive ketones (excluding diaryl/α,β-unsaturated/α-hetero) is 1. The zero-order chi connectivity index (χ0) is 12.1. The maximum atomic E-state index is 11.9. The fourth-order valence-corrected chi connectivity index (χ4v) is 2.13. The zero-order valence-corrected chi connectivity index (χ0v) is 10.3. The van der Waals surface area contributed by atoms with Crippen molar-refractivity contribution in [3.63, 3.8) is 0 Å². The molecule has 1 saturated heterocycles. The number of hydrogen-bond donors (Lipinski definition) is 0. The molecule has 17 heavy (non-hydrogen) atoms. The van der Waals surface area contributed by atoms with Crippen LogP contribution in [-0.2, 0) is 22.5 Å². The van der Waals surface area contributed by atoms with Crippen LogP contribution in [0.5, 0.6) is 0 Å². The van der Waals surface area contributed by atoms with Crippen LogP contribution in [-0.4, -0.2) is 33.3 Å². The summed E-state index contributed by atoms with van der Waals surface area (Å²) in [6, 6.07) is 0. The third kappa shape index (κ3) is 3.36. The molecule has 5 heteroatoms. The van der Waals surface area contributed by atoms with Crippen LogP contribution in [0.4, 0.5) is 0 Å². The summed E-state index contributed by atoms with van der Waals surface area (Å²) in [4.78, 5) is 16.0. The molecule has 1 aromatic rings. The van der Waals surface area contributed by atoms with E-state index in [-0.39, 0.29) is 11.9 Å². The second kappa shape index (κ2) is 5.91. The molecule has 0 aromatic carbocycles. The van der Waals surface area contributed by atoms with Crippen LogP contribution in [0.1, 0.15) is 38.4 Å². The van der Waals surface area contributed by atoms with E-state index >= 15 is 0 Å². The second-order valence-corrected chi connectivity index (χ2v) is 4.45. The number of hydrogen-bond acceptors (Lipinski definition) is 4. The minimum absolute atomic E-state index is 0.130. The summed E-state index contributed by atoms with van der Waals surface area (Å²) in [6.07, 6.45) is 5.61. The minimum Gasteiger partial charge on any atom is -0.378 e. The van der Waals surface area contributed by atoms with E-state index in [9.17, 15) is 4.79 Å². The van der Waals surface area contributed by atoms with Gasteiger partial charge in [0, 0.05) is 19.6 Å². The Balaban J connectivity index is 1.86. The SMILES string of the molecule is CCCn1ncnc1CC(=O)CC1CCCO1. The normalized spacial score (nSPS) is 19.7. The highest BCUT2D eigenvalue weighted by Crippen LogP contribution is 2.16. The molecular weight excluding hydrogens is 218 g/mol. The lowest BCUT2D eigenvalue weighted by atomic mass is 10.1. The number of aromatic nitrogens is 3. The van der Waals surface area contributed by atoms with Gasteiger partial charge in [0.2, 0.25) is 0 Å². The molecule has 0 bridgehead atoms. The van der Waals surface area contributed by atoms with Crippen molar-refractivity contribution in [3.05, 3.63) is 12.2 Å². The van der Waals surface area contributed by atoms with Crippen molar-refractivity contribution in [1.29, 1.82) is 0 Å². The van der Waals surface area contributed by atoms with Crippen LogP contribution in [0, 0.1) is 0 Å². The Kier molecular flexibility index (Phi) is 4.25. The molecule has 2 rings (SSSR count). The Labute approximate surface area is 101 Å². The predicted molar refractivity (Wildman–Crippen MR) is 62.6 cm³/mol. The molecule has 1 aliphatic rings. The van der Waals surface area contributed by atoms with E-state index in [4.69, 9.17) is 4.74 Å². The van der Waals surface area contributed by atoms with Gasteiger partial charge in [-0.25, -0.2) is 9.67 Å². The van der Waals surface area contributed by atoms with Crippen molar-refractivity contribution >= 4 is 5.78 Å². The van der Waals surface area contributed by atoms with Crippen LogP contribution < -0.4 is 0 Å². The average molecular weight is 237 g/mol. The van der Waals surface area contributed by atoms with Crippen molar-refractivity contribution in [1.82, 2.24) is 14.8 Å². The molecule has 94 valence electrons. The molecule has 0 amide bonds. The van der Waals surface area contributed by atoms with Gasteiger partial charge in [-0.1, -0.05) is 6.92 Å². The van der Waals surface area contributed by atoms with E-state index in [0.29, 0.717) is 12.8 Å². The first-order chi connectivity index (χ1) is 8.29. The van der Waals surface area contributed by atoms with Crippen molar-refractivity contribution in [2.75, 3.05) is 6.61 Å². The number of nitrogens with zero attached hydrogens (tertiary/aromatic N) is 3. The summed E-state index contributed by atoms with van der Waals surface area (Å²) in [7, 11) is 0. The number of ether oxygens (including phenoxy) is 1. The lowest BCUT2D eigenvalue weighted by Gasteiger charge is -2.08. The molecule has 1 unspecified atom stereocenters. The van der Waals surface area contributed by atoms with E-state index < -0.39 is 0 Å². The molecule has 1 aliphatic heterocycles. The average Bonchev–Trinajstić information content (AvgIpc) is 2.92. The predicted octanol–water partition coefficient (Wildman–Crippen LogP) is 1.37. The lowest BCUT2D eigenvalue weighted by molar-refractivity contribution is -0.120. The van der Waals surface area contributed by atoms with Crippen molar-refractivity contribution in [3.8, 4) is 0 Å². The number of rotatable bonds is 6. The third-order valence-corrected chi connectivity index (χ3v) is 2.97. The molecule has 0 radical (unpaired) electrons. The molecule has 2 heterocycles. The van der Waals surface area contributed by atoms with Gasteiger partial charge in [0.1, 0.15) is 17.9 Å². The van der Waals surface area contributed by atoms with Gasteiger partial charge in [-0.05, 0) is 19.3 Å². The fourth-order valence-electron chi connectivity index (χ4n) is 2.13. The van der Waals surface area contributed by atoms with Crippen LogP contribution in [0.3, 0.4) is 0 Å². The third-order valence-electron chi connectivity index (χ3n) is 2.97. The summed E-state index contributed by atoms with van der Waals surface area (Å²) in [6.45, 7) is 3.70. The summed E-state index contributed by atoms with van der Waals surface area (Å²) in [5.74, 6) is 0.970. The van der Waals surface area contributed by atoms with Crippen molar-refractivity contribution < 1.29 is 9.53 Å². The summed E-state index contributed by atoms with van der Waals surface area (Å²) in [5.41, 5.74) is 0. The van der Waals surface area contributed by atoms with Crippen LogP contribution in [0.15, 0.2) is 6.33 Å². The van der Waals surface area contributed by atoms with Gasteiger partial charge < -0.3 is 4.74 Å². The zero-order valence-electron chi connectivity index (χ0n) is 10.3. The maximum absolute atomic E-state index is 11.9. The Bertz CT molecular complexity index is 370. The highest BCUT2D eigenvalue weighted by atomic mass is 16.5. The van der Waals surface area contributed by atoms with E-state index in [1.54, 1.807) is 0 Å². The lowest BCUT2D eigenvalue weighted by Crippen LogP contribution is -2.17. The van der Waals surface area contributed by atoms with Gasteiger partial charge in [-0.3, -0.25) is 4.79 Å². The molecule has 0 saturated carbocycles.